The zero-order chi connectivity index (χ0) is 6.62. The lowest BCUT2D eigenvalue weighted by Gasteiger charge is -2.13. The third-order valence-corrected chi connectivity index (χ3v) is 3.58. The van der Waals surface area contributed by atoms with Crippen molar-refractivity contribution in [3.63, 3.8) is 0 Å². The Labute approximate surface area is 56.5 Å². The minimum atomic E-state index is -1.69. The van der Waals surface area contributed by atoms with E-state index in [9.17, 15) is 0 Å². The lowest BCUT2D eigenvalue weighted by molar-refractivity contribution is 0.988. The summed E-state index contributed by atoms with van der Waals surface area (Å²) < 4.78 is 0. The first-order valence-corrected chi connectivity index (χ1v) is 6.29. The van der Waals surface area contributed by atoms with Crippen LogP contribution in [0.2, 0.25) is 6.55 Å². The molecule has 1 unspecified atom stereocenters. The Morgan fingerprint density at radius 2 is 2.38 bits per heavy atom. The monoisotopic (exact) mass is 149 g/mol. The van der Waals surface area contributed by atoms with Crippen LogP contribution in [0.15, 0.2) is 12.3 Å². The molecule has 0 spiro atoms. The van der Waals surface area contributed by atoms with E-state index in [1.54, 1.807) is 0 Å². The Bertz CT molecular complexity index is 82.5. The molecule has 1 nitrogen and oxygen atoms in total. The van der Waals surface area contributed by atoms with Crippen LogP contribution in [0.4, 0.5) is 0 Å². The van der Waals surface area contributed by atoms with E-state index in [-0.39, 0.29) is 0 Å². The van der Waals surface area contributed by atoms with Gasteiger partial charge in [-0.1, -0.05) is 12.6 Å². The van der Waals surface area contributed by atoms with Crippen molar-refractivity contribution in [3.8, 4) is 0 Å². The summed E-state index contributed by atoms with van der Waals surface area (Å²) in [6.45, 7) is 8.59. The van der Waals surface area contributed by atoms with Crippen LogP contribution in [0.25, 0.3) is 0 Å². The maximum atomic E-state index is 5.93. The highest BCUT2D eigenvalue weighted by Gasteiger charge is 2.16. The van der Waals surface area contributed by atoms with Crippen LogP contribution in [-0.4, -0.2) is 14.1 Å². The van der Waals surface area contributed by atoms with Gasteiger partial charge in [0.15, 0.2) is 0 Å². The molecule has 0 saturated heterocycles. The van der Waals surface area contributed by atoms with Crippen LogP contribution in [0.5, 0.6) is 0 Å². The molecular weight excluding hydrogens is 138 g/mol. The largest absolute Gasteiger partial charge is 0.323 e. The smallest absolute Gasteiger partial charge is 0.246 e. The normalized spacial score (nSPS) is 17.4. The molecule has 0 aliphatic heterocycles. The average Bonchev–Trinajstić information content (AvgIpc) is 1.67. The summed E-state index contributed by atoms with van der Waals surface area (Å²) in [7, 11) is -1.69. The molecule has 0 aliphatic rings. The number of hydrogen-bond acceptors (Lipinski definition) is 1. The number of nitrogens with one attached hydrogen (secondary N) is 1. The number of hydrogen-bond donors (Lipinski definition) is 1. The highest BCUT2D eigenvalue weighted by molar-refractivity contribution is 7.21. The van der Waals surface area contributed by atoms with E-state index in [2.05, 4.69) is 11.6 Å². The van der Waals surface area contributed by atoms with Gasteiger partial charge in [-0.25, -0.2) is 0 Å². The Hall–Kier alpha value is 0.207. The van der Waals surface area contributed by atoms with Gasteiger partial charge in [0, 0.05) is 0 Å². The third-order valence-electron chi connectivity index (χ3n) is 0.906. The summed E-state index contributed by atoms with van der Waals surface area (Å²) in [5, 5.41) is 0. The summed E-state index contributed by atoms with van der Waals surface area (Å²) in [6, 6.07) is 0. The first-order valence-electron chi connectivity index (χ1n) is 2.70. The molecule has 0 saturated carbocycles. The first kappa shape index (κ1) is 8.21. The molecule has 0 fully saturated rings. The predicted octanol–water partition coefficient (Wildman–Crippen LogP) is 1.63. The molecule has 1 atom stereocenters. The van der Waals surface area contributed by atoms with Crippen molar-refractivity contribution >= 4 is 18.6 Å². The Morgan fingerprint density at radius 1 is 1.88 bits per heavy atom. The van der Waals surface area contributed by atoms with Crippen LogP contribution >= 0.6 is 11.1 Å². The van der Waals surface area contributed by atoms with Crippen molar-refractivity contribution in [1.82, 2.24) is 4.98 Å². The summed E-state index contributed by atoms with van der Waals surface area (Å²) in [5.41, 5.74) is 1.82. The summed E-state index contributed by atoms with van der Waals surface area (Å²) in [6.07, 6.45) is 0. The molecule has 0 amide bonds. The van der Waals surface area contributed by atoms with E-state index < -0.39 is 7.55 Å². The molecule has 0 bridgehead atoms. The molecule has 48 valence electrons. The van der Waals surface area contributed by atoms with Gasteiger partial charge < -0.3 is 4.98 Å². The highest BCUT2D eigenvalue weighted by atomic mass is 35.6. The third kappa shape index (κ3) is 3.24. The van der Waals surface area contributed by atoms with E-state index in [4.69, 9.17) is 11.1 Å². The summed E-state index contributed by atoms with van der Waals surface area (Å²) >= 11 is 5.93. The average molecular weight is 150 g/mol. The van der Waals surface area contributed by atoms with Gasteiger partial charge in [0.2, 0.25) is 7.55 Å². The van der Waals surface area contributed by atoms with Crippen LogP contribution in [0, 0.1) is 0 Å². The van der Waals surface area contributed by atoms with Gasteiger partial charge in [0.05, 0.1) is 0 Å². The lowest BCUT2D eigenvalue weighted by Crippen LogP contribution is -2.40. The van der Waals surface area contributed by atoms with Crippen LogP contribution in [0.3, 0.4) is 0 Å². The molecule has 3 heteroatoms. The molecule has 0 aromatic carbocycles. The van der Waals surface area contributed by atoms with Gasteiger partial charge in [0.1, 0.15) is 0 Å². The van der Waals surface area contributed by atoms with E-state index in [0.717, 1.165) is 6.54 Å². The molecular formula is C5H12ClNSi. The Balaban J connectivity index is 3.53. The molecule has 0 aromatic rings. The van der Waals surface area contributed by atoms with E-state index in [0.29, 0.717) is 0 Å². The fourth-order valence-electron chi connectivity index (χ4n) is 0.418. The van der Waals surface area contributed by atoms with Gasteiger partial charge in [-0.3, -0.25) is 0 Å². The van der Waals surface area contributed by atoms with Crippen molar-refractivity contribution in [3.05, 3.63) is 12.3 Å². The van der Waals surface area contributed by atoms with Crippen LogP contribution < -0.4 is 4.98 Å². The second-order valence-electron chi connectivity index (χ2n) is 1.81. The van der Waals surface area contributed by atoms with Crippen LogP contribution in [-0.2, 0) is 0 Å². The fourth-order valence-corrected chi connectivity index (χ4v) is 1.65. The van der Waals surface area contributed by atoms with Crippen molar-refractivity contribution in [2.24, 2.45) is 0 Å². The van der Waals surface area contributed by atoms with Gasteiger partial charge in [-0.15, -0.1) is 17.7 Å². The zero-order valence-electron chi connectivity index (χ0n) is 5.37. The SMILES string of the molecule is C=C[Si](C)(Cl)NCC. The van der Waals surface area contributed by atoms with Crippen molar-refractivity contribution in [2.45, 2.75) is 13.5 Å². The van der Waals surface area contributed by atoms with E-state index in [1.165, 1.54) is 0 Å². The molecule has 8 heavy (non-hydrogen) atoms. The molecule has 0 aromatic heterocycles. The fraction of sp³-hybridized carbons (Fsp3) is 0.600. The topological polar surface area (TPSA) is 12.0 Å². The second kappa shape index (κ2) is 3.28. The lowest BCUT2D eigenvalue weighted by atomic mass is 10.8. The van der Waals surface area contributed by atoms with Gasteiger partial charge in [-0.2, -0.15) is 0 Å². The molecule has 1 N–H and O–H groups in total. The quantitative estimate of drug-likeness (QED) is 0.475. The summed E-state index contributed by atoms with van der Waals surface area (Å²) in [5.74, 6) is 0. The zero-order valence-corrected chi connectivity index (χ0v) is 7.13. The molecule has 0 radical (unpaired) electrons. The van der Waals surface area contributed by atoms with Gasteiger partial charge in [0.25, 0.3) is 0 Å². The number of rotatable bonds is 3. The second-order valence-corrected chi connectivity index (χ2v) is 7.08. The van der Waals surface area contributed by atoms with Crippen molar-refractivity contribution < 1.29 is 0 Å². The van der Waals surface area contributed by atoms with E-state index >= 15 is 0 Å². The first-order chi connectivity index (χ1) is 3.62. The minimum absolute atomic E-state index is 0.929. The van der Waals surface area contributed by atoms with Gasteiger partial charge >= 0.3 is 0 Å². The molecule has 0 aliphatic carbocycles. The molecule has 0 rings (SSSR count). The standard InChI is InChI=1S/C5H12ClNSi/c1-4-7-8(3,6)5-2/h5,7H,2,4H2,1,3H3. The van der Waals surface area contributed by atoms with Gasteiger partial charge in [-0.05, 0) is 13.1 Å². The Kier molecular flexibility index (Phi) is 3.36. The van der Waals surface area contributed by atoms with Crippen molar-refractivity contribution in [2.75, 3.05) is 6.54 Å². The maximum Gasteiger partial charge on any atom is 0.246 e. The van der Waals surface area contributed by atoms with E-state index in [1.807, 2.05) is 19.2 Å². The summed E-state index contributed by atoms with van der Waals surface area (Å²) in [4.78, 5) is 3.16. The molecule has 0 heterocycles. The maximum absolute atomic E-state index is 5.93. The highest BCUT2D eigenvalue weighted by Crippen LogP contribution is 2.02. The Morgan fingerprint density at radius 3 is 2.50 bits per heavy atom. The van der Waals surface area contributed by atoms with Crippen molar-refractivity contribution in [1.29, 1.82) is 0 Å². The van der Waals surface area contributed by atoms with Crippen LogP contribution in [0.1, 0.15) is 6.92 Å². The minimum Gasteiger partial charge on any atom is -0.323 e. The predicted molar refractivity (Wildman–Crippen MR) is 41.3 cm³/mol. The number of halogens is 1.